The lowest BCUT2D eigenvalue weighted by Crippen LogP contribution is -2.54. The third-order valence-electron chi connectivity index (χ3n) is 7.36. The molecule has 0 bridgehead atoms. The third-order valence-corrected chi connectivity index (χ3v) is 7.36. The van der Waals surface area contributed by atoms with Crippen molar-refractivity contribution < 1.29 is 31.1 Å². The van der Waals surface area contributed by atoms with E-state index in [2.05, 4.69) is 10.3 Å². The van der Waals surface area contributed by atoms with E-state index in [0.29, 0.717) is 36.9 Å². The second-order valence-corrected chi connectivity index (χ2v) is 9.65. The Morgan fingerprint density at radius 3 is 2.20 bits per heavy atom. The first-order valence-corrected chi connectivity index (χ1v) is 11.2. The quantitative estimate of drug-likeness (QED) is 0.548. The first-order valence-electron chi connectivity index (χ1n) is 11.2. The highest BCUT2D eigenvalue weighted by molar-refractivity contribution is 5.96. The lowest BCUT2D eigenvalue weighted by atomic mass is 9.68. The van der Waals surface area contributed by atoms with Crippen molar-refractivity contribution in [2.45, 2.75) is 56.0 Å². The van der Waals surface area contributed by atoms with E-state index in [0.717, 1.165) is 18.3 Å². The van der Waals surface area contributed by atoms with Crippen LogP contribution >= 0.6 is 0 Å². The Hall–Kier alpha value is -2.82. The number of carbonyl (C=O) groups is 1. The Kier molecular flexibility index (Phi) is 6.06. The van der Waals surface area contributed by atoms with Crippen LogP contribution in [0.4, 0.5) is 36.8 Å². The molecule has 5 nitrogen and oxygen atoms in total. The minimum atomic E-state index is -4.58. The van der Waals surface area contributed by atoms with Gasteiger partial charge in [-0.15, -0.1) is 0 Å². The van der Waals surface area contributed by atoms with Gasteiger partial charge in [-0.1, -0.05) is 12.1 Å². The number of hydrogen-bond donors (Lipinski definition) is 1. The third kappa shape index (κ3) is 4.57. The van der Waals surface area contributed by atoms with Crippen molar-refractivity contribution in [3.8, 4) is 0 Å². The van der Waals surface area contributed by atoms with Crippen molar-refractivity contribution in [2.75, 3.05) is 25.5 Å². The summed E-state index contributed by atoms with van der Waals surface area (Å²) < 4.78 is 79.0. The van der Waals surface area contributed by atoms with Crippen LogP contribution in [0.2, 0.25) is 0 Å². The summed E-state index contributed by atoms with van der Waals surface area (Å²) >= 11 is 0. The number of amides is 2. The van der Waals surface area contributed by atoms with Crippen LogP contribution in [0.15, 0.2) is 36.5 Å². The first-order chi connectivity index (χ1) is 16.2. The number of pyridine rings is 1. The number of aryl methyl sites for hydroxylation is 1. The highest BCUT2D eigenvalue weighted by Gasteiger charge is 2.51. The second-order valence-electron chi connectivity index (χ2n) is 9.65. The van der Waals surface area contributed by atoms with E-state index in [4.69, 9.17) is 0 Å². The molecule has 2 heterocycles. The molecule has 2 amide bonds. The molecule has 1 aromatic carbocycles. The van der Waals surface area contributed by atoms with Crippen LogP contribution < -0.4 is 10.2 Å². The van der Waals surface area contributed by atoms with Crippen LogP contribution in [0.5, 0.6) is 0 Å². The van der Waals surface area contributed by atoms with E-state index >= 15 is 0 Å². The van der Waals surface area contributed by atoms with Gasteiger partial charge in [0, 0.05) is 5.54 Å². The molecule has 1 N–H and O–H groups in total. The number of hydrogen-bond acceptors (Lipinski definition) is 3. The van der Waals surface area contributed by atoms with E-state index in [1.54, 1.807) is 6.07 Å². The molecule has 1 aromatic heterocycles. The van der Waals surface area contributed by atoms with Gasteiger partial charge in [0.05, 0.1) is 29.5 Å². The Balaban J connectivity index is 1.57. The number of benzene rings is 1. The van der Waals surface area contributed by atoms with Gasteiger partial charge in [0.15, 0.2) is 0 Å². The van der Waals surface area contributed by atoms with Gasteiger partial charge < -0.3 is 5.32 Å². The number of rotatable bonds is 3. The van der Waals surface area contributed by atoms with E-state index in [1.165, 1.54) is 24.0 Å². The molecular weight excluding hydrogens is 474 g/mol. The molecule has 4 rings (SSSR count). The molecule has 1 saturated heterocycles. The molecule has 1 saturated carbocycles. The molecule has 0 atom stereocenters. The smallest absolute Gasteiger partial charge is 0.330 e. The molecule has 2 fully saturated rings. The molecule has 2 aliphatic rings. The maximum atomic E-state index is 13.3. The summed E-state index contributed by atoms with van der Waals surface area (Å²) in [5, 5.41) is 2.99. The number of alkyl halides is 6. The lowest BCUT2D eigenvalue weighted by molar-refractivity contribution is -0.141. The average Bonchev–Trinajstić information content (AvgIpc) is 3.08. The SMILES string of the molecule is Cc1cc(C(F)(F)F)ncc1N1C[C@]2(CC[C@@](c3cccc(C(F)(F)F)c3)(N(C)C)CC2)NC1=O. The molecule has 0 unspecified atom stereocenters. The van der Waals surface area contributed by atoms with E-state index in [-0.39, 0.29) is 12.1 Å². The number of nitrogens with one attached hydrogen (secondary N) is 1. The molecule has 0 radical (unpaired) electrons. The minimum Gasteiger partial charge on any atom is -0.330 e. The summed E-state index contributed by atoms with van der Waals surface area (Å²) in [5.41, 5.74) is -1.86. The number of carbonyl (C=O) groups excluding carboxylic acids is 1. The Labute approximate surface area is 199 Å². The van der Waals surface area contributed by atoms with Gasteiger partial charge in [-0.05, 0) is 76.0 Å². The predicted molar refractivity (Wildman–Crippen MR) is 118 cm³/mol. The summed E-state index contributed by atoms with van der Waals surface area (Å²) in [6, 6.07) is 5.84. The van der Waals surface area contributed by atoms with Crippen molar-refractivity contribution in [3.05, 3.63) is 58.9 Å². The molecule has 1 aliphatic heterocycles. The lowest BCUT2D eigenvalue weighted by Gasteiger charge is -2.48. The Morgan fingerprint density at radius 2 is 1.66 bits per heavy atom. The molecule has 190 valence electrons. The second kappa shape index (κ2) is 8.39. The highest BCUT2D eigenvalue weighted by Crippen LogP contribution is 2.47. The zero-order chi connectivity index (χ0) is 25.8. The molecule has 2 aromatic rings. The predicted octanol–water partition coefficient (Wildman–Crippen LogP) is 5.73. The van der Waals surface area contributed by atoms with Crippen molar-refractivity contribution in [1.82, 2.24) is 15.2 Å². The van der Waals surface area contributed by atoms with Gasteiger partial charge in [0.25, 0.3) is 0 Å². The van der Waals surface area contributed by atoms with Crippen molar-refractivity contribution in [1.29, 1.82) is 0 Å². The first kappa shape index (κ1) is 25.3. The average molecular weight is 500 g/mol. The fourth-order valence-corrected chi connectivity index (χ4v) is 5.29. The van der Waals surface area contributed by atoms with Crippen LogP contribution in [0, 0.1) is 6.92 Å². The van der Waals surface area contributed by atoms with E-state index in [1.807, 2.05) is 19.0 Å². The zero-order valence-electron chi connectivity index (χ0n) is 19.5. The molecule has 1 spiro atoms. The van der Waals surface area contributed by atoms with Crippen LogP contribution in [0.3, 0.4) is 0 Å². The van der Waals surface area contributed by atoms with E-state index in [9.17, 15) is 31.1 Å². The van der Waals surface area contributed by atoms with Crippen LogP contribution in [-0.4, -0.2) is 42.1 Å². The fourth-order valence-electron chi connectivity index (χ4n) is 5.29. The number of urea groups is 1. The summed E-state index contributed by atoms with van der Waals surface area (Å²) in [5.74, 6) is 0. The Bertz CT molecular complexity index is 1120. The maximum Gasteiger partial charge on any atom is 0.433 e. The minimum absolute atomic E-state index is 0.242. The summed E-state index contributed by atoms with van der Waals surface area (Å²) in [4.78, 5) is 19.6. The molecule has 35 heavy (non-hydrogen) atoms. The Morgan fingerprint density at radius 1 is 1.00 bits per heavy atom. The van der Waals surface area contributed by atoms with Crippen molar-refractivity contribution in [2.24, 2.45) is 0 Å². The highest BCUT2D eigenvalue weighted by atomic mass is 19.4. The maximum absolute atomic E-state index is 13.3. The molecule has 1 aliphatic carbocycles. The number of aromatic nitrogens is 1. The largest absolute Gasteiger partial charge is 0.433 e. The van der Waals surface area contributed by atoms with Gasteiger partial charge >= 0.3 is 18.4 Å². The van der Waals surface area contributed by atoms with Crippen molar-refractivity contribution >= 4 is 11.7 Å². The van der Waals surface area contributed by atoms with Crippen LogP contribution in [0.1, 0.15) is 48.1 Å². The van der Waals surface area contributed by atoms with Crippen LogP contribution in [-0.2, 0) is 17.9 Å². The molecule has 11 heteroatoms. The van der Waals surface area contributed by atoms with Crippen molar-refractivity contribution in [3.63, 3.8) is 0 Å². The standard InChI is InChI=1S/C24H26F6N4O/c1-15-11-19(24(28,29)30)31-13-18(15)34-14-21(32-20(34)35)7-9-22(10-8-21,33(2)3)16-5-4-6-17(12-16)23(25,26)27/h4-6,11-13H,7-10,14H2,1-3H3,(H,32,35)/t21-,22-. The topological polar surface area (TPSA) is 48.5 Å². The van der Waals surface area contributed by atoms with Gasteiger partial charge in [0.2, 0.25) is 0 Å². The summed E-state index contributed by atoms with van der Waals surface area (Å²) in [7, 11) is 3.66. The molecular formula is C24H26F6N4O. The number of anilines is 1. The normalized spacial score (nSPS) is 25.4. The number of halogens is 6. The summed E-state index contributed by atoms with van der Waals surface area (Å²) in [6.07, 6.45) is -5.98. The van der Waals surface area contributed by atoms with Crippen LogP contribution in [0.25, 0.3) is 0 Å². The monoisotopic (exact) mass is 500 g/mol. The van der Waals surface area contributed by atoms with Gasteiger partial charge in [-0.25, -0.2) is 9.78 Å². The number of nitrogens with zero attached hydrogens (tertiary/aromatic N) is 3. The van der Waals surface area contributed by atoms with Gasteiger partial charge in [-0.3, -0.25) is 9.80 Å². The summed E-state index contributed by atoms with van der Waals surface area (Å²) in [6.45, 7) is 1.74. The fraction of sp³-hybridized carbons (Fsp3) is 0.500. The van der Waals surface area contributed by atoms with Gasteiger partial charge in [-0.2, -0.15) is 26.3 Å². The van der Waals surface area contributed by atoms with Gasteiger partial charge in [0.1, 0.15) is 5.69 Å². The zero-order valence-corrected chi connectivity index (χ0v) is 19.5. The van der Waals surface area contributed by atoms with E-state index < -0.39 is 40.7 Å².